The van der Waals surface area contributed by atoms with Gasteiger partial charge in [-0.3, -0.25) is 4.79 Å². The van der Waals surface area contributed by atoms with Gasteiger partial charge in [-0.05, 0) is 36.6 Å². The molecule has 2 aliphatic rings. The quantitative estimate of drug-likeness (QED) is 0.651. The first-order valence-electron chi connectivity index (χ1n) is 10.3. The number of fused-ring (bicyclic) bond motifs is 2. The summed E-state index contributed by atoms with van der Waals surface area (Å²) in [4.78, 5) is 13.8. The topological polar surface area (TPSA) is 110 Å². The lowest BCUT2D eigenvalue weighted by Crippen LogP contribution is -2.38. The monoisotopic (exact) mass is 437 g/mol. The average Bonchev–Trinajstić information content (AvgIpc) is 3.14. The van der Waals surface area contributed by atoms with Crippen molar-refractivity contribution in [2.45, 2.75) is 30.2 Å². The minimum Gasteiger partial charge on any atom is -0.385 e. The van der Waals surface area contributed by atoms with Crippen LogP contribution in [0, 0.1) is 0 Å². The Morgan fingerprint density at radius 3 is 2.65 bits per heavy atom. The number of hydrogen-bond donors (Lipinski definition) is 2. The molecule has 0 saturated heterocycles. The van der Waals surface area contributed by atoms with E-state index < -0.39 is 10.0 Å². The maximum Gasteiger partial charge on any atom is 0.254 e. The van der Waals surface area contributed by atoms with Crippen LogP contribution in [0.4, 0.5) is 11.5 Å². The summed E-state index contributed by atoms with van der Waals surface area (Å²) in [6, 6.07) is 16.1. The minimum atomic E-state index is -3.68. The van der Waals surface area contributed by atoms with Gasteiger partial charge < -0.3 is 11.1 Å². The first-order chi connectivity index (χ1) is 15.0. The number of aromatic nitrogens is 2. The molecule has 0 radical (unpaired) electrons. The highest BCUT2D eigenvalue weighted by Gasteiger charge is 2.35. The second-order valence-corrected chi connectivity index (χ2v) is 9.76. The lowest BCUT2D eigenvalue weighted by atomic mass is 9.90. The van der Waals surface area contributed by atoms with Crippen molar-refractivity contribution in [2.75, 3.05) is 24.1 Å². The molecule has 2 aromatic carbocycles. The van der Waals surface area contributed by atoms with Crippen molar-refractivity contribution in [3.05, 3.63) is 71.4 Å². The molecule has 1 atom stereocenters. The van der Waals surface area contributed by atoms with Crippen molar-refractivity contribution in [1.82, 2.24) is 14.1 Å². The van der Waals surface area contributed by atoms with E-state index in [0.717, 1.165) is 16.8 Å². The summed E-state index contributed by atoms with van der Waals surface area (Å²) in [7, 11) is -3.68. The molecule has 3 aromatic rings. The fraction of sp³-hybridized carbons (Fsp3) is 0.273. The van der Waals surface area contributed by atoms with Crippen molar-refractivity contribution in [3.63, 3.8) is 0 Å². The number of para-hydroxylation sites is 1. The normalized spacial score (nSPS) is 18.6. The Hall–Kier alpha value is -3.17. The second-order valence-electron chi connectivity index (χ2n) is 7.82. The molecule has 5 rings (SSSR count). The number of sulfonamides is 1. The number of benzene rings is 2. The molecule has 0 bridgehead atoms. The summed E-state index contributed by atoms with van der Waals surface area (Å²) >= 11 is 0. The summed E-state index contributed by atoms with van der Waals surface area (Å²) in [5.41, 5.74) is 9.31. The first kappa shape index (κ1) is 19.8. The third-order valence-electron chi connectivity index (χ3n) is 6.03. The molecule has 3 N–H and O–H groups in total. The third-order valence-corrected chi connectivity index (χ3v) is 7.89. The van der Waals surface area contributed by atoms with E-state index in [9.17, 15) is 13.2 Å². The standard InChI is InChI=1S/C22H23N5O3S/c23-21-18-11-13-26(31(29,30)15-6-2-1-3-7-15)14-20(18)27(25-21)22(28)17-10-12-24-19-9-5-4-8-16(17)19/h1-9,17,24H,10-14H2,(H2,23,25). The Morgan fingerprint density at radius 1 is 1.10 bits per heavy atom. The van der Waals surface area contributed by atoms with Gasteiger partial charge >= 0.3 is 0 Å². The molecular formula is C22H23N5O3S. The SMILES string of the molecule is Nc1nn(C(=O)C2CCNc3ccccc32)c2c1CCN(S(=O)(=O)c1ccccc1)C2. The van der Waals surface area contributed by atoms with E-state index in [4.69, 9.17) is 5.73 Å². The molecule has 0 aliphatic carbocycles. The van der Waals surface area contributed by atoms with E-state index in [2.05, 4.69) is 10.4 Å². The van der Waals surface area contributed by atoms with Crippen LogP contribution in [0.3, 0.4) is 0 Å². The van der Waals surface area contributed by atoms with Crippen LogP contribution in [0.25, 0.3) is 0 Å². The zero-order chi connectivity index (χ0) is 21.6. The summed E-state index contributed by atoms with van der Waals surface area (Å²) in [6.07, 6.45) is 1.06. The lowest BCUT2D eigenvalue weighted by Gasteiger charge is -2.28. The predicted octanol–water partition coefficient (Wildman–Crippen LogP) is 2.45. The molecule has 160 valence electrons. The molecule has 0 amide bonds. The Labute approximate surface area is 180 Å². The van der Waals surface area contributed by atoms with Crippen LogP contribution < -0.4 is 11.1 Å². The summed E-state index contributed by atoms with van der Waals surface area (Å²) in [5.74, 6) is -0.245. The van der Waals surface area contributed by atoms with Gasteiger partial charge in [0.25, 0.3) is 5.91 Å². The van der Waals surface area contributed by atoms with E-state index in [0.29, 0.717) is 37.4 Å². The Balaban J connectivity index is 1.50. The van der Waals surface area contributed by atoms with Crippen LogP contribution in [0.5, 0.6) is 0 Å². The van der Waals surface area contributed by atoms with Gasteiger partial charge in [-0.25, -0.2) is 13.1 Å². The highest BCUT2D eigenvalue weighted by molar-refractivity contribution is 7.89. The van der Waals surface area contributed by atoms with E-state index >= 15 is 0 Å². The molecule has 0 saturated carbocycles. The number of hydrogen-bond acceptors (Lipinski definition) is 6. The number of nitrogens with one attached hydrogen (secondary N) is 1. The fourth-order valence-corrected chi connectivity index (χ4v) is 5.85. The third kappa shape index (κ3) is 3.30. The maximum absolute atomic E-state index is 13.5. The van der Waals surface area contributed by atoms with Crippen molar-refractivity contribution in [3.8, 4) is 0 Å². The Bertz CT molecular complexity index is 1250. The van der Waals surface area contributed by atoms with Crippen LogP contribution in [-0.4, -0.2) is 41.5 Å². The molecule has 3 heterocycles. The molecule has 0 fully saturated rings. The first-order valence-corrected chi connectivity index (χ1v) is 11.7. The van der Waals surface area contributed by atoms with Crippen LogP contribution >= 0.6 is 0 Å². The molecule has 8 nitrogen and oxygen atoms in total. The van der Waals surface area contributed by atoms with Crippen LogP contribution in [-0.2, 0) is 23.0 Å². The van der Waals surface area contributed by atoms with Gasteiger partial charge in [0.2, 0.25) is 10.0 Å². The molecule has 9 heteroatoms. The number of nitrogens with zero attached hydrogens (tertiary/aromatic N) is 3. The van der Waals surface area contributed by atoms with E-state index in [1.807, 2.05) is 24.3 Å². The van der Waals surface area contributed by atoms with Gasteiger partial charge in [0.1, 0.15) is 5.82 Å². The summed E-state index contributed by atoms with van der Waals surface area (Å²) in [5, 5.41) is 7.65. The van der Waals surface area contributed by atoms with E-state index in [1.54, 1.807) is 30.3 Å². The van der Waals surface area contributed by atoms with Gasteiger partial charge in [-0.2, -0.15) is 4.31 Å². The highest BCUT2D eigenvalue weighted by atomic mass is 32.2. The zero-order valence-electron chi connectivity index (χ0n) is 16.9. The fourth-order valence-electron chi connectivity index (χ4n) is 4.42. The number of anilines is 2. The number of carbonyl (C=O) groups is 1. The van der Waals surface area contributed by atoms with Gasteiger partial charge in [-0.1, -0.05) is 36.4 Å². The Morgan fingerprint density at radius 2 is 1.84 bits per heavy atom. The smallest absolute Gasteiger partial charge is 0.254 e. The van der Waals surface area contributed by atoms with Crippen LogP contribution in [0.1, 0.15) is 34.0 Å². The molecule has 1 unspecified atom stereocenters. The Kier molecular flexibility index (Phi) is 4.79. The zero-order valence-corrected chi connectivity index (χ0v) is 17.7. The van der Waals surface area contributed by atoms with Gasteiger partial charge in [-0.15, -0.1) is 5.10 Å². The van der Waals surface area contributed by atoms with Crippen LogP contribution in [0.15, 0.2) is 59.5 Å². The summed E-state index contributed by atoms with van der Waals surface area (Å²) in [6.45, 7) is 1.04. The number of rotatable bonds is 3. The van der Waals surface area contributed by atoms with Gasteiger partial charge in [0, 0.05) is 24.3 Å². The number of nitrogens with two attached hydrogens (primary N) is 1. The lowest BCUT2D eigenvalue weighted by molar-refractivity contribution is 0.0850. The molecular weight excluding hydrogens is 414 g/mol. The summed E-state index contributed by atoms with van der Waals surface area (Å²) < 4.78 is 29.0. The van der Waals surface area contributed by atoms with Crippen molar-refractivity contribution in [1.29, 1.82) is 0 Å². The molecule has 1 aromatic heterocycles. The van der Waals surface area contributed by atoms with E-state index in [-0.39, 0.29) is 23.3 Å². The van der Waals surface area contributed by atoms with Gasteiger partial charge in [0.15, 0.2) is 0 Å². The minimum absolute atomic E-state index is 0.0646. The molecule has 0 spiro atoms. The second kappa shape index (κ2) is 7.51. The number of nitrogen functional groups attached to an aromatic ring is 1. The van der Waals surface area contributed by atoms with Crippen molar-refractivity contribution < 1.29 is 13.2 Å². The van der Waals surface area contributed by atoms with Crippen LogP contribution in [0.2, 0.25) is 0 Å². The van der Waals surface area contributed by atoms with E-state index in [1.165, 1.54) is 8.99 Å². The molecule has 2 aliphatic heterocycles. The van der Waals surface area contributed by atoms with Crippen molar-refractivity contribution in [2.24, 2.45) is 0 Å². The van der Waals surface area contributed by atoms with Gasteiger partial charge in [0.05, 0.1) is 23.1 Å². The maximum atomic E-state index is 13.5. The number of carbonyl (C=O) groups excluding carboxylic acids is 1. The molecule has 31 heavy (non-hydrogen) atoms. The predicted molar refractivity (Wildman–Crippen MR) is 117 cm³/mol. The van der Waals surface area contributed by atoms with Crippen molar-refractivity contribution >= 4 is 27.4 Å². The highest BCUT2D eigenvalue weighted by Crippen LogP contribution is 2.34. The largest absolute Gasteiger partial charge is 0.385 e. The average molecular weight is 438 g/mol.